The number of piperazine rings is 1. The van der Waals surface area contributed by atoms with Crippen LogP contribution in [0.3, 0.4) is 0 Å². The highest BCUT2D eigenvalue weighted by atomic mass is 16.5. The van der Waals surface area contributed by atoms with Crippen molar-refractivity contribution in [3.05, 3.63) is 88.5 Å². The van der Waals surface area contributed by atoms with Crippen LogP contribution in [0.15, 0.2) is 60.7 Å². The van der Waals surface area contributed by atoms with Crippen LogP contribution in [0.4, 0.5) is 11.4 Å². The summed E-state index contributed by atoms with van der Waals surface area (Å²) in [7, 11) is 1.61. The largest absolute Gasteiger partial charge is 0.497 e. The van der Waals surface area contributed by atoms with E-state index in [4.69, 9.17) is 4.74 Å². The predicted octanol–water partition coefficient (Wildman–Crippen LogP) is 5.05. The Labute approximate surface area is 189 Å². The van der Waals surface area contributed by atoms with Gasteiger partial charge in [0.1, 0.15) is 18.3 Å². The summed E-state index contributed by atoms with van der Waals surface area (Å²) in [6.07, 6.45) is 0. The highest BCUT2D eigenvalue weighted by Gasteiger charge is 2.43. The molecular formula is C27H28N2O3. The van der Waals surface area contributed by atoms with Crippen LogP contribution in [-0.4, -0.2) is 25.5 Å². The quantitative estimate of drug-likeness (QED) is 0.584. The first-order chi connectivity index (χ1) is 15.3. The minimum absolute atomic E-state index is 0.00446. The van der Waals surface area contributed by atoms with E-state index in [-0.39, 0.29) is 18.4 Å². The van der Waals surface area contributed by atoms with Crippen LogP contribution in [-0.2, 0) is 9.59 Å². The summed E-state index contributed by atoms with van der Waals surface area (Å²) in [6, 6.07) is 18.5. The number of para-hydroxylation sites is 1. The zero-order valence-corrected chi connectivity index (χ0v) is 19.2. The van der Waals surface area contributed by atoms with Crippen LogP contribution in [0.5, 0.6) is 5.75 Å². The molecule has 0 aromatic heterocycles. The number of hydrogen-bond acceptors (Lipinski definition) is 3. The van der Waals surface area contributed by atoms with Gasteiger partial charge >= 0.3 is 0 Å². The predicted molar refractivity (Wildman–Crippen MR) is 127 cm³/mol. The number of benzene rings is 3. The van der Waals surface area contributed by atoms with Crippen molar-refractivity contribution in [1.29, 1.82) is 0 Å². The number of nitrogens with zero attached hydrogens (tertiary/aromatic N) is 2. The number of carbonyl (C=O) groups is 2. The lowest BCUT2D eigenvalue weighted by Crippen LogP contribution is -2.56. The van der Waals surface area contributed by atoms with E-state index in [0.29, 0.717) is 5.75 Å². The lowest BCUT2D eigenvalue weighted by atomic mass is 9.96. The Morgan fingerprint density at radius 1 is 0.844 bits per heavy atom. The molecule has 0 bridgehead atoms. The van der Waals surface area contributed by atoms with Gasteiger partial charge in [-0.05, 0) is 68.1 Å². The Balaban J connectivity index is 1.87. The molecule has 32 heavy (non-hydrogen) atoms. The molecule has 0 saturated carbocycles. The molecule has 0 radical (unpaired) electrons. The van der Waals surface area contributed by atoms with Crippen molar-refractivity contribution < 1.29 is 14.3 Å². The average molecular weight is 429 g/mol. The molecule has 5 nitrogen and oxygen atoms in total. The maximum Gasteiger partial charge on any atom is 0.255 e. The van der Waals surface area contributed by atoms with E-state index in [2.05, 4.69) is 0 Å². The third kappa shape index (κ3) is 3.75. The molecule has 1 aliphatic heterocycles. The fourth-order valence-corrected chi connectivity index (χ4v) is 4.54. The molecule has 4 rings (SSSR count). The second-order valence-corrected chi connectivity index (χ2v) is 8.39. The minimum atomic E-state index is -0.762. The summed E-state index contributed by atoms with van der Waals surface area (Å²) in [5.41, 5.74) is 6.34. The molecule has 1 fully saturated rings. The van der Waals surface area contributed by atoms with Gasteiger partial charge in [0, 0.05) is 5.69 Å². The van der Waals surface area contributed by atoms with Gasteiger partial charge in [0.2, 0.25) is 5.91 Å². The van der Waals surface area contributed by atoms with Gasteiger partial charge in [-0.2, -0.15) is 0 Å². The van der Waals surface area contributed by atoms with Crippen molar-refractivity contribution in [1.82, 2.24) is 0 Å². The molecule has 0 unspecified atom stereocenters. The van der Waals surface area contributed by atoms with Crippen molar-refractivity contribution in [2.45, 2.75) is 33.7 Å². The average Bonchev–Trinajstić information content (AvgIpc) is 2.76. The minimum Gasteiger partial charge on any atom is -0.497 e. The zero-order chi connectivity index (χ0) is 23.0. The summed E-state index contributed by atoms with van der Waals surface area (Å²) in [5.74, 6) is 0.472. The van der Waals surface area contributed by atoms with Gasteiger partial charge in [0.15, 0.2) is 0 Å². The van der Waals surface area contributed by atoms with Crippen LogP contribution >= 0.6 is 0 Å². The normalized spacial score (nSPS) is 16.5. The van der Waals surface area contributed by atoms with Crippen LogP contribution in [0, 0.1) is 27.7 Å². The zero-order valence-electron chi connectivity index (χ0n) is 19.2. The Morgan fingerprint density at radius 2 is 1.50 bits per heavy atom. The number of ether oxygens (including phenoxy) is 1. The second-order valence-electron chi connectivity index (χ2n) is 8.39. The topological polar surface area (TPSA) is 49.9 Å². The summed E-state index contributed by atoms with van der Waals surface area (Å²) < 4.78 is 5.29. The molecule has 1 atom stereocenters. The second kappa shape index (κ2) is 8.50. The van der Waals surface area contributed by atoms with Crippen molar-refractivity contribution in [3.8, 4) is 5.75 Å². The number of amides is 2. The molecule has 2 amide bonds. The fourth-order valence-electron chi connectivity index (χ4n) is 4.54. The number of aryl methyl sites for hydroxylation is 4. The highest BCUT2D eigenvalue weighted by Crippen LogP contribution is 2.38. The molecule has 1 aliphatic rings. The van der Waals surface area contributed by atoms with Crippen molar-refractivity contribution >= 4 is 23.2 Å². The number of carbonyl (C=O) groups excluding carboxylic acids is 2. The van der Waals surface area contributed by atoms with E-state index in [1.54, 1.807) is 16.9 Å². The molecule has 1 saturated heterocycles. The monoisotopic (exact) mass is 428 g/mol. The van der Waals surface area contributed by atoms with Gasteiger partial charge in [0.05, 0.1) is 12.8 Å². The van der Waals surface area contributed by atoms with Gasteiger partial charge in [-0.3, -0.25) is 14.5 Å². The smallest absolute Gasteiger partial charge is 0.255 e. The SMILES string of the molecule is COc1ccc([C@@H]2C(=O)N(c3c(C)cccc3C)CC(=O)N2c2ccc(C)cc2C)cc1. The van der Waals surface area contributed by atoms with Gasteiger partial charge in [-0.1, -0.05) is 48.0 Å². The standard InChI is InChI=1S/C27H28N2O3/c1-17-9-14-23(20(4)15-17)29-24(30)16-28(25-18(2)7-6-8-19(25)3)27(31)26(29)21-10-12-22(32-5)13-11-21/h6-15,26H,16H2,1-5H3/t26-/m1/s1. The summed E-state index contributed by atoms with van der Waals surface area (Å²) in [6.45, 7) is 7.94. The first-order valence-electron chi connectivity index (χ1n) is 10.7. The maximum absolute atomic E-state index is 14.0. The summed E-state index contributed by atoms with van der Waals surface area (Å²) >= 11 is 0. The summed E-state index contributed by atoms with van der Waals surface area (Å²) in [4.78, 5) is 30.9. The highest BCUT2D eigenvalue weighted by molar-refractivity contribution is 6.15. The lowest BCUT2D eigenvalue weighted by molar-refractivity contribution is -0.128. The molecule has 164 valence electrons. The van der Waals surface area contributed by atoms with Crippen LogP contribution < -0.4 is 14.5 Å². The first-order valence-corrected chi connectivity index (χ1v) is 10.7. The maximum atomic E-state index is 14.0. The number of rotatable bonds is 4. The van der Waals surface area contributed by atoms with Gasteiger partial charge < -0.3 is 9.64 Å². The first kappa shape index (κ1) is 21.6. The van der Waals surface area contributed by atoms with E-state index in [0.717, 1.165) is 39.2 Å². The number of hydrogen-bond donors (Lipinski definition) is 0. The molecule has 3 aromatic carbocycles. The van der Waals surface area contributed by atoms with E-state index >= 15 is 0 Å². The summed E-state index contributed by atoms with van der Waals surface area (Å²) in [5, 5.41) is 0. The van der Waals surface area contributed by atoms with Crippen LogP contribution in [0.25, 0.3) is 0 Å². The Bertz CT molecular complexity index is 1160. The van der Waals surface area contributed by atoms with Gasteiger partial charge in [0.25, 0.3) is 5.91 Å². The third-order valence-electron chi connectivity index (χ3n) is 6.07. The Morgan fingerprint density at radius 3 is 2.09 bits per heavy atom. The third-order valence-corrected chi connectivity index (χ3v) is 6.07. The molecule has 0 spiro atoms. The number of methoxy groups -OCH3 is 1. The lowest BCUT2D eigenvalue weighted by Gasteiger charge is -2.42. The Hall–Kier alpha value is -3.60. The van der Waals surface area contributed by atoms with Crippen molar-refractivity contribution in [3.63, 3.8) is 0 Å². The van der Waals surface area contributed by atoms with Crippen LogP contribution in [0.1, 0.15) is 33.9 Å². The van der Waals surface area contributed by atoms with E-state index in [1.165, 1.54) is 0 Å². The Kier molecular flexibility index (Phi) is 5.74. The van der Waals surface area contributed by atoms with E-state index < -0.39 is 6.04 Å². The molecular weight excluding hydrogens is 400 g/mol. The van der Waals surface area contributed by atoms with Crippen molar-refractivity contribution in [2.75, 3.05) is 23.5 Å². The van der Waals surface area contributed by atoms with Gasteiger partial charge in [-0.15, -0.1) is 0 Å². The van der Waals surface area contributed by atoms with E-state index in [1.807, 2.05) is 88.4 Å². The number of anilines is 2. The van der Waals surface area contributed by atoms with Crippen LogP contribution in [0.2, 0.25) is 0 Å². The fraction of sp³-hybridized carbons (Fsp3) is 0.259. The van der Waals surface area contributed by atoms with E-state index in [9.17, 15) is 9.59 Å². The molecule has 5 heteroatoms. The molecule has 0 N–H and O–H groups in total. The van der Waals surface area contributed by atoms with Crippen molar-refractivity contribution in [2.24, 2.45) is 0 Å². The molecule has 1 heterocycles. The molecule has 3 aromatic rings. The van der Waals surface area contributed by atoms with Gasteiger partial charge in [-0.25, -0.2) is 0 Å². The molecule has 0 aliphatic carbocycles.